The Morgan fingerprint density at radius 2 is 2.07 bits per heavy atom. The van der Waals surface area contributed by atoms with E-state index in [4.69, 9.17) is 4.74 Å². The molecule has 0 unspecified atom stereocenters. The molecule has 0 saturated carbocycles. The molecule has 27 heavy (non-hydrogen) atoms. The van der Waals surface area contributed by atoms with Gasteiger partial charge in [0.1, 0.15) is 14.6 Å². The molecule has 2 fully saturated rings. The van der Waals surface area contributed by atoms with Crippen molar-refractivity contribution < 1.29 is 27.8 Å². The number of hydrogen-bond acceptors (Lipinski definition) is 5. The second kappa shape index (κ2) is 6.74. The van der Waals surface area contributed by atoms with Gasteiger partial charge in [-0.15, -0.1) is 34.9 Å². The van der Waals surface area contributed by atoms with Gasteiger partial charge >= 0.3 is 12.3 Å². The Hall–Kier alpha value is -0.580. The van der Waals surface area contributed by atoms with E-state index in [1.807, 2.05) is 0 Å². The molecule has 1 amide bonds. The number of thiophene rings is 1. The molecule has 0 aromatic carbocycles. The van der Waals surface area contributed by atoms with Crippen LogP contribution < -0.4 is 0 Å². The maximum atomic E-state index is 13.5. The SMILES string of the molecule is C[C@H]1C[C@@]2(CCN1C(=O)O)OCC1(SCCCS1)c1cc(C(F)(F)F)sc12. The average molecular weight is 440 g/mol. The van der Waals surface area contributed by atoms with Crippen LogP contribution in [0.25, 0.3) is 0 Å². The van der Waals surface area contributed by atoms with Crippen molar-refractivity contribution >= 4 is 41.0 Å². The Labute approximate surface area is 167 Å². The van der Waals surface area contributed by atoms with Gasteiger partial charge in [-0.3, -0.25) is 0 Å². The molecule has 1 N–H and O–H groups in total. The Kier molecular flexibility index (Phi) is 4.92. The lowest BCUT2D eigenvalue weighted by atomic mass is 9.82. The van der Waals surface area contributed by atoms with Crippen molar-refractivity contribution in [1.29, 1.82) is 0 Å². The summed E-state index contributed by atoms with van der Waals surface area (Å²) in [5, 5.41) is 9.33. The van der Waals surface area contributed by atoms with Crippen molar-refractivity contribution in [3.63, 3.8) is 0 Å². The zero-order chi connectivity index (χ0) is 19.4. The quantitative estimate of drug-likeness (QED) is 0.604. The number of alkyl halides is 3. The third-order valence-corrected chi connectivity index (χ3v) is 10.2. The fraction of sp³-hybridized carbons (Fsp3) is 0.706. The third-order valence-electron chi connectivity index (χ3n) is 5.49. The number of piperidine rings is 1. The maximum Gasteiger partial charge on any atom is 0.425 e. The summed E-state index contributed by atoms with van der Waals surface area (Å²) in [7, 11) is 0. The molecule has 10 heteroatoms. The molecule has 2 atom stereocenters. The Bertz CT molecular complexity index is 748. The predicted molar refractivity (Wildman–Crippen MR) is 102 cm³/mol. The maximum absolute atomic E-state index is 13.5. The minimum atomic E-state index is -4.39. The molecule has 1 aromatic rings. The fourth-order valence-corrected chi connectivity index (χ4v) is 8.76. The van der Waals surface area contributed by atoms with Gasteiger partial charge in [-0.25, -0.2) is 4.79 Å². The first-order valence-electron chi connectivity index (χ1n) is 8.80. The van der Waals surface area contributed by atoms with Gasteiger partial charge in [0.05, 0.1) is 6.61 Å². The number of hydrogen-bond donors (Lipinski definition) is 1. The van der Waals surface area contributed by atoms with E-state index in [0.29, 0.717) is 24.3 Å². The zero-order valence-corrected chi connectivity index (χ0v) is 17.1. The number of rotatable bonds is 0. The predicted octanol–water partition coefficient (Wildman–Crippen LogP) is 5.18. The Balaban J connectivity index is 1.77. The van der Waals surface area contributed by atoms with Gasteiger partial charge in [0, 0.05) is 23.9 Å². The van der Waals surface area contributed by atoms with Crippen LogP contribution in [0.3, 0.4) is 0 Å². The number of nitrogens with zero attached hydrogens (tertiary/aromatic N) is 1. The van der Waals surface area contributed by atoms with Gasteiger partial charge in [-0.05, 0) is 42.9 Å². The van der Waals surface area contributed by atoms with Crippen molar-refractivity contribution in [3.05, 3.63) is 21.4 Å². The summed E-state index contributed by atoms with van der Waals surface area (Å²) in [5.41, 5.74) is -0.0738. The first-order chi connectivity index (χ1) is 12.7. The minimum Gasteiger partial charge on any atom is -0.465 e. The van der Waals surface area contributed by atoms with Gasteiger partial charge in [0.25, 0.3) is 0 Å². The summed E-state index contributed by atoms with van der Waals surface area (Å²) in [6, 6.07) is 1.02. The molecule has 2 saturated heterocycles. The molecule has 0 bridgehead atoms. The van der Waals surface area contributed by atoms with Crippen molar-refractivity contribution in [1.82, 2.24) is 4.90 Å². The lowest BCUT2D eigenvalue weighted by molar-refractivity contribution is -0.134. The van der Waals surface area contributed by atoms with Crippen LogP contribution >= 0.6 is 34.9 Å². The highest BCUT2D eigenvalue weighted by Crippen LogP contribution is 2.61. The lowest BCUT2D eigenvalue weighted by Crippen LogP contribution is -2.53. The van der Waals surface area contributed by atoms with E-state index in [1.165, 1.54) is 11.0 Å². The number of fused-ring (bicyclic) bond motifs is 3. The van der Waals surface area contributed by atoms with Crippen molar-refractivity contribution in [3.8, 4) is 0 Å². The number of carbonyl (C=O) groups is 1. The highest BCUT2D eigenvalue weighted by molar-refractivity contribution is 8.18. The molecule has 2 spiro atoms. The highest BCUT2D eigenvalue weighted by Gasteiger charge is 2.54. The number of ether oxygens (including phenoxy) is 1. The molecule has 4 rings (SSSR count). The molecular formula is C17H20F3NO3S3. The lowest BCUT2D eigenvalue weighted by Gasteiger charge is -2.51. The molecule has 4 heterocycles. The van der Waals surface area contributed by atoms with Crippen LogP contribution in [0.2, 0.25) is 0 Å². The second-order valence-electron chi connectivity index (χ2n) is 7.22. The van der Waals surface area contributed by atoms with Gasteiger partial charge in [-0.1, -0.05) is 0 Å². The van der Waals surface area contributed by atoms with Gasteiger partial charge in [0.15, 0.2) is 0 Å². The number of carboxylic acid groups (broad SMARTS) is 1. The molecule has 4 nitrogen and oxygen atoms in total. The van der Waals surface area contributed by atoms with Crippen LogP contribution in [0, 0.1) is 0 Å². The Morgan fingerprint density at radius 1 is 1.37 bits per heavy atom. The van der Waals surface area contributed by atoms with Crippen LogP contribution in [0.1, 0.15) is 41.5 Å². The fourth-order valence-electron chi connectivity index (χ4n) is 4.17. The highest BCUT2D eigenvalue weighted by atomic mass is 32.2. The molecule has 1 aromatic heterocycles. The summed E-state index contributed by atoms with van der Waals surface area (Å²) in [6.07, 6.45) is -3.57. The van der Waals surface area contributed by atoms with E-state index in [9.17, 15) is 23.1 Å². The number of thioether (sulfide) groups is 2. The number of likely N-dealkylation sites (tertiary alicyclic amines) is 1. The zero-order valence-electron chi connectivity index (χ0n) is 14.7. The number of halogens is 3. The first kappa shape index (κ1) is 19.7. The molecule has 0 radical (unpaired) electrons. The molecule has 3 aliphatic rings. The van der Waals surface area contributed by atoms with Gasteiger partial charge < -0.3 is 14.7 Å². The third kappa shape index (κ3) is 3.26. The van der Waals surface area contributed by atoms with E-state index >= 15 is 0 Å². The summed E-state index contributed by atoms with van der Waals surface area (Å²) in [4.78, 5) is 12.8. The van der Waals surface area contributed by atoms with Crippen molar-refractivity contribution in [2.45, 2.75) is 48.1 Å². The molecule has 0 aliphatic carbocycles. The minimum absolute atomic E-state index is 0.266. The summed E-state index contributed by atoms with van der Waals surface area (Å²) in [5.74, 6) is 1.81. The molecule has 150 valence electrons. The Morgan fingerprint density at radius 3 is 2.67 bits per heavy atom. The van der Waals surface area contributed by atoms with Crippen LogP contribution in [0.15, 0.2) is 6.07 Å². The van der Waals surface area contributed by atoms with Gasteiger partial charge in [-0.2, -0.15) is 13.2 Å². The molecule has 3 aliphatic heterocycles. The van der Waals surface area contributed by atoms with E-state index in [0.717, 1.165) is 34.8 Å². The average Bonchev–Trinajstić information content (AvgIpc) is 3.07. The van der Waals surface area contributed by atoms with E-state index in [2.05, 4.69) is 0 Å². The van der Waals surface area contributed by atoms with Crippen LogP contribution in [-0.2, 0) is 20.6 Å². The van der Waals surface area contributed by atoms with Crippen LogP contribution in [0.5, 0.6) is 0 Å². The summed E-state index contributed by atoms with van der Waals surface area (Å²) >= 11 is 4.14. The van der Waals surface area contributed by atoms with Crippen molar-refractivity contribution in [2.24, 2.45) is 0 Å². The van der Waals surface area contributed by atoms with Crippen molar-refractivity contribution in [2.75, 3.05) is 24.7 Å². The normalized spacial score (nSPS) is 30.5. The number of amides is 1. The molecular weight excluding hydrogens is 419 g/mol. The summed E-state index contributed by atoms with van der Waals surface area (Å²) < 4.78 is 46.4. The first-order valence-corrected chi connectivity index (χ1v) is 11.6. The van der Waals surface area contributed by atoms with E-state index < -0.39 is 26.8 Å². The monoisotopic (exact) mass is 439 g/mol. The second-order valence-corrected chi connectivity index (χ2v) is 11.3. The standard InChI is InChI=1S/C17H20F3NO3S3/c1-10-8-15(3-4-21(10)14(22)23)13-11(7-12(27-13)17(18,19)20)16(9-24-15)25-5-2-6-26-16/h7,10H,2-6,8-9H2,1H3,(H,22,23)/t10-,15+/m0/s1. The summed E-state index contributed by atoms with van der Waals surface area (Å²) in [6.45, 7) is 2.43. The van der Waals surface area contributed by atoms with E-state index in [1.54, 1.807) is 30.4 Å². The van der Waals surface area contributed by atoms with E-state index in [-0.39, 0.29) is 12.6 Å². The van der Waals surface area contributed by atoms with Crippen LogP contribution in [0.4, 0.5) is 18.0 Å². The largest absolute Gasteiger partial charge is 0.465 e. The van der Waals surface area contributed by atoms with Gasteiger partial charge in [0.2, 0.25) is 0 Å². The topological polar surface area (TPSA) is 49.8 Å². The smallest absolute Gasteiger partial charge is 0.425 e. The van der Waals surface area contributed by atoms with Crippen LogP contribution in [-0.4, -0.2) is 46.8 Å².